The second-order valence-electron chi connectivity index (χ2n) is 4.43. The summed E-state index contributed by atoms with van der Waals surface area (Å²) in [6, 6.07) is 11.0. The van der Waals surface area contributed by atoms with Gasteiger partial charge in [0.2, 0.25) is 0 Å². The van der Waals surface area contributed by atoms with Crippen LogP contribution in [0.3, 0.4) is 0 Å². The van der Waals surface area contributed by atoms with Gasteiger partial charge in [-0.15, -0.1) is 0 Å². The minimum atomic E-state index is 0.665. The van der Waals surface area contributed by atoms with Gasteiger partial charge in [0.05, 0.1) is 5.69 Å². The zero-order valence-electron chi connectivity index (χ0n) is 11.1. The number of ether oxygens (including phenoxy) is 1. The Hall–Kier alpha value is -1.81. The van der Waals surface area contributed by atoms with Crippen molar-refractivity contribution in [3.05, 3.63) is 36.5 Å². The first-order chi connectivity index (χ1) is 8.66. The van der Waals surface area contributed by atoms with Crippen LogP contribution in [0.1, 0.15) is 0 Å². The Balaban J connectivity index is 2.08. The number of hydrogen-bond donors (Lipinski definition) is 0. The third kappa shape index (κ3) is 3.11. The second kappa shape index (κ2) is 5.69. The molecule has 18 heavy (non-hydrogen) atoms. The molecule has 0 unspecified atom stereocenters. The van der Waals surface area contributed by atoms with Crippen LogP contribution in [0.4, 0.5) is 0 Å². The van der Waals surface area contributed by atoms with Crippen LogP contribution in [-0.2, 0) is 7.05 Å². The molecule has 1 heterocycles. The maximum absolute atomic E-state index is 5.67. The van der Waals surface area contributed by atoms with Gasteiger partial charge in [0.15, 0.2) is 0 Å². The van der Waals surface area contributed by atoms with E-state index in [4.69, 9.17) is 4.74 Å². The summed E-state index contributed by atoms with van der Waals surface area (Å²) in [7, 11) is 5.98. The van der Waals surface area contributed by atoms with Gasteiger partial charge < -0.3 is 9.64 Å². The molecule has 95 valence electrons. The van der Waals surface area contributed by atoms with Crippen LogP contribution in [0, 0.1) is 6.07 Å². The fourth-order valence-corrected chi connectivity index (χ4v) is 1.68. The van der Waals surface area contributed by atoms with Gasteiger partial charge in [-0.2, -0.15) is 5.10 Å². The predicted molar refractivity (Wildman–Crippen MR) is 71.5 cm³/mol. The number of benzene rings is 1. The summed E-state index contributed by atoms with van der Waals surface area (Å²) >= 11 is 0. The minimum absolute atomic E-state index is 0.665. The van der Waals surface area contributed by atoms with Crippen LogP contribution in [0.5, 0.6) is 5.75 Å². The van der Waals surface area contributed by atoms with E-state index in [0.29, 0.717) is 6.61 Å². The molecule has 0 saturated carbocycles. The number of nitrogens with zero attached hydrogens (tertiary/aromatic N) is 3. The highest BCUT2D eigenvalue weighted by Crippen LogP contribution is 2.22. The van der Waals surface area contributed by atoms with E-state index in [1.807, 2.05) is 50.1 Å². The normalized spacial score (nSPS) is 10.9. The van der Waals surface area contributed by atoms with E-state index in [0.717, 1.165) is 23.6 Å². The predicted octanol–water partition coefficient (Wildman–Crippen LogP) is 1.83. The Labute approximate surface area is 108 Å². The van der Waals surface area contributed by atoms with Gasteiger partial charge in [0.1, 0.15) is 12.4 Å². The zero-order valence-corrected chi connectivity index (χ0v) is 11.1. The van der Waals surface area contributed by atoms with E-state index in [9.17, 15) is 0 Å². The summed E-state index contributed by atoms with van der Waals surface area (Å²) in [5, 5.41) is 4.17. The van der Waals surface area contributed by atoms with Gasteiger partial charge in [-0.25, -0.2) is 0 Å². The Morgan fingerprint density at radius 1 is 1.39 bits per heavy atom. The fraction of sp³-hybridized carbons (Fsp3) is 0.357. The number of aryl methyl sites for hydroxylation is 1. The van der Waals surface area contributed by atoms with Crippen molar-refractivity contribution < 1.29 is 4.74 Å². The molecular weight excluding hydrogens is 226 g/mol. The van der Waals surface area contributed by atoms with Crippen molar-refractivity contribution in [2.75, 3.05) is 27.2 Å². The summed E-state index contributed by atoms with van der Waals surface area (Å²) in [5.41, 5.74) is 2.16. The molecule has 1 aromatic carbocycles. The first-order valence-electron chi connectivity index (χ1n) is 5.94. The molecule has 4 heteroatoms. The molecule has 0 aliphatic rings. The van der Waals surface area contributed by atoms with E-state index in [1.165, 1.54) is 0 Å². The lowest BCUT2D eigenvalue weighted by atomic mass is 10.1. The number of aromatic nitrogens is 2. The van der Waals surface area contributed by atoms with E-state index >= 15 is 0 Å². The number of hydrogen-bond acceptors (Lipinski definition) is 3. The van der Waals surface area contributed by atoms with Crippen LogP contribution < -0.4 is 4.74 Å². The van der Waals surface area contributed by atoms with Crippen molar-refractivity contribution in [1.82, 2.24) is 14.7 Å². The summed E-state index contributed by atoms with van der Waals surface area (Å²) in [6.45, 7) is 1.56. The Morgan fingerprint density at radius 2 is 2.22 bits per heavy atom. The van der Waals surface area contributed by atoms with E-state index < -0.39 is 0 Å². The highest BCUT2D eigenvalue weighted by molar-refractivity contribution is 5.60. The fourth-order valence-electron chi connectivity index (χ4n) is 1.68. The summed E-state index contributed by atoms with van der Waals surface area (Å²) < 4.78 is 7.51. The smallest absolute Gasteiger partial charge is 0.127 e. The third-order valence-corrected chi connectivity index (χ3v) is 2.69. The Morgan fingerprint density at radius 3 is 2.89 bits per heavy atom. The summed E-state index contributed by atoms with van der Waals surface area (Å²) in [5.74, 6) is 0.774. The molecule has 0 fully saturated rings. The van der Waals surface area contributed by atoms with Gasteiger partial charge >= 0.3 is 0 Å². The maximum Gasteiger partial charge on any atom is 0.127 e. The van der Waals surface area contributed by atoms with E-state index in [1.54, 1.807) is 6.20 Å². The van der Waals surface area contributed by atoms with Gasteiger partial charge in [-0.05, 0) is 32.3 Å². The van der Waals surface area contributed by atoms with Crippen molar-refractivity contribution >= 4 is 0 Å². The van der Waals surface area contributed by atoms with Gasteiger partial charge in [0, 0.05) is 31.4 Å². The van der Waals surface area contributed by atoms with Gasteiger partial charge in [-0.3, -0.25) is 4.68 Å². The van der Waals surface area contributed by atoms with Crippen LogP contribution in [0.25, 0.3) is 11.3 Å². The van der Waals surface area contributed by atoms with Gasteiger partial charge in [0.25, 0.3) is 0 Å². The summed E-state index contributed by atoms with van der Waals surface area (Å²) in [4.78, 5) is 2.09. The SMILES string of the molecule is CN(C)CCOc1[c]ccc(-c2ccnn2C)c1. The topological polar surface area (TPSA) is 30.3 Å². The van der Waals surface area contributed by atoms with Gasteiger partial charge in [-0.1, -0.05) is 6.07 Å². The lowest BCUT2D eigenvalue weighted by Gasteiger charge is -2.11. The zero-order chi connectivity index (χ0) is 13.0. The van der Waals surface area contributed by atoms with Crippen LogP contribution in [0.2, 0.25) is 0 Å². The summed E-state index contributed by atoms with van der Waals surface area (Å²) in [6.07, 6.45) is 1.79. The molecule has 0 N–H and O–H groups in total. The Kier molecular flexibility index (Phi) is 3.99. The first-order valence-corrected chi connectivity index (χ1v) is 5.94. The minimum Gasteiger partial charge on any atom is -0.492 e. The highest BCUT2D eigenvalue weighted by atomic mass is 16.5. The Bertz CT molecular complexity index is 505. The molecule has 0 atom stereocenters. The lowest BCUT2D eigenvalue weighted by molar-refractivity contribution is 0.261. The molecule has 2 aromatic rings. The van der Waals surface area contributed by atoms with Crippen LogP contribution in [-0.4, -0.2) is 41.9 Å². The molecule has 4 nitrogen and oxygen atoms in total. The number of likely N-dealkylation sites (N-methyl/N-ethyl adjacent to an activating group) is 1. The maximum atomic E-state index is 5.67. The monoisotopic (exact) mass is 244 g/mol. The lowest BCUT2D eigenvalue weighted by Crippen LogP contribution is -2.19. The second-order valence-corrected chi connectivity index (χ2v) is 4.43. The third-order valence-electron chi connectivity index (χ3n) is 2.69. The first kappa shape index (κ1) is 12.6. The van der Waals surface area contributed by atoms with E-state index in [2.05, 4.69) is 16.1 Å². The van der Waals surface area contributed by atoms with Crippen molar-refractivity contribution in [2.45, 2.75) is 0 Å². The van der Waals surface area contributed by atoms with Crippen molar-refractivity contribution in [2.24, 2.45) is 7.05 Å². The van der Waals surface area contributed by atoms with Crippen molar-refractivity contribution in [1.29, 1.82) is 0 Å². The molecule has 0 spiro atoms. The van der Waals surface area contributed by atoms with Crippen LogP contribution >= 0.6 is 0 Å². The van der Waals surface area contributed by atoms with Crippen LogP contribution in [0.15, 0.2) is 30.5 Å². The molecule has 0 bridgehead atoms. The molecule has 1 aromatic heterocycles. The molecular formula is C14H18N3O. The molecule has 2 rings (SSSR count). The standard InChI is InChI=1S/C14H18N3O/c1-16(2)9-10-18-13-6-4-5-12(11-13)14-7-8-15-17(14)3/h4-5,7-8,11H,9-10H2,1-3H3. The van der Waals surface area contributed by atoms with E-state index in [-0.39, 0.29) is 0 Å². The van der Waals surface area contributed by atoms with Crippen molar-refractivity contribution in [3.63, 3.8) is 0 Å². The van der Waals surface area contributed by atoms with Crippen molar-refractivity contribution in [3.8, 4) is 17.0 Å². The number of rotatable bonds is 5. The quantitative estimate of drug-likeness (QED) is 0.804. The largest absolute Gasteiger partial charge is 0.492 e. The molecule has 0 aliphatic heterocycles. The molecule has 0 aliphatic carbocycles. The molecule has 1 radical (unpaired) electrons. The molecule has 0 saturated heterocycles. The highest BCUT2D eigenvalue weighted by Gasteiger charge is 2.04. The average molecular weight is 244 g/mol. The average Bonchev–Trinajstić information content (AvgIpc) is 2.75. The molecule has 0 amide bonds.